The Morgan fingerprint density at radius 1 is 1.75 bits per heavy atom. The van der Waals surface area contributed by atoms with Gasteiger partial charge in [0.05, 0.1) is 0 Å². The van der Waals surface area contributed by atoms with Crippen LogP contribution in [0.2, 0.25) is 0 Å². The summed E-state index contributed by atoms with van der Waals surface area (Å²) in [4.78, 5) is 0. The number of allylic oxidation sites excluding steroid dienone is 1. The number of hydrogen-bond donors (Lipinski definition) is 1. The van der Waals surface area contributed by atoms with E-state index in [1.807, 2.05) is 13.0 Å². The van der Waals surface area contributed by atoms with Gasteiger partial charge in [-0.2, -0.15) is 6.42 Å². The Morgan fingerprint density at radius 3 is 2.25 bits per heavy atom. The minimum atomic E-state index is 0. The fourth-order valence-electron chi connectivity index (χ4n) is 0.364. The van der Waals surface area contributed by atoms with E-state index in [0.717, 1.165) is 6.42 Å². The molecule has 0 unspecified atom stereocenters. The van der Waals surface area contributed by atoms with E-state index in [9.17, 15) is 0 Å². The second-order valence-electron chi connectivity index (χ2n) is 1.40. The van der Waals surface area contributed by atoms with Crippen molar-refractivity contribution < 1.29 is 32.7 Å². The fourth-order valence-corrected chi connectivity index (χ4v) is 0.364. The van der Waals surface area contributed by atoms with Crippen LogP contribution in [0, 0.1) is 6.92 Å². The van der Waals surface area contributed by atoms with Gasteiger partial charge in [-0.15, -0.1) is 0 Å². The maximum absolute atomic E-state index is 5.29. The van der Waals surface area contributed by atoms with Crippen molar-refractivity contribution in [1.29, 1.82) is 0 Å². The van der Waals surface area contributed by atoms with Gasteiger partial charge >= 0.3 is 0 Å². The minimum Gasteiger partial charge on any atom is -0.339 e. The van der Waals surface area contributed by atoms with Crippen molar-refractivity contribution in [2.24, 2.45) is 5.73 Å². The Bertz CT molecular complexity index is 62.9. The van der Waals surface area contributed by atoms with Gasteiger partial charge in [-0.1, -0.05) is 11.6 Å². The van der Waals surface area contributed by atoms with E-state index in [2.05, 4.69) is 6.92 Å². The summed E-state index contributed by atoms with van der Waals surface area (Å²) >= 11 is 0. The molecule has 0 aliphatic carbocycles. The number of nitrogens with two attached hydrogens (primary N) is 1. The maximum Gasteiger partial charge on any atom is 0.0111 e. The maximum atomic E-state index is 5.29. The molecule has 2 N–H and O–H groups in total. The van der Waals surface area contributed by atoms with Crippen LogP contribution >= 0.6 is 0 Å². The quantitative estimate of drug-likeness (QED) is 0.508. The molecule has 0 atom stereocenters. The molecule has 0 amide bonds. The number of hydrogen-bond acceptors (Lipinski definition) is 1. The van der Waals surface area contributed by atoms with Gasteiger partial charge < -0.3 is 12.7 Å². The normalized spacial score (nSPS) is 10.6. The Morgan fingerprint density at radius 2 is 2.25 bits per heavy atom. The molecule has 0 aliphatic rings. The van der Waals surface area contributed by atoms with Crippen molar-refractivity contribution >= 4 is 0 Å². The van der Waals surface area contributed by atoms with Crippen molar-refractivity contribution in [3.05, 3.63) is 18.6 Å². The summed E-state index contributed by atoms with van der Waals surface area (Å²) < 4.78 is 0. The largest absolute Gasteiger partial charge is 0.339 e. The van der Waals surface area contributed by atoms with E-state index >= 15 is 0 Å². The SMILES string of the molecule is [CH2-]C/C(=C\C)CN.[Y]. The molecule has 0 saturated heterocycles. The van der Waals surface area contributed by atoms with Crippen molar-refractivity contribution in [3.63, 3.8) is 0 Å². The molecule has 0 aromatic rings. The van der Waals surface area contributed by atoms with E-state index in [4.69, 9.17) is 5.73 Å². The van der Waals surface area contributed by atoms with Crippen LogP contribution in [0.5, 0.6) is 0 Å². The first-order valence-electron chi connectivity index (χ1n) is 2.48. The molecule has 0 heterocycles. The van der Waals surface area contributed by atoms with Gasteiger partial charge in [0, 0.05) is 39.3 Å². The van der Waals surface area contributed by atoms with Crippen LogP contribution in [0.4, 0.5) is 0 Å². The van der Waals surface area contributed by atoms with Gasteiger partial charge in [0.1, 0.15) is 0 Å². The summed E-state index contributed by atoms with van der Waals surface area (Å²) in [6, 6.07) is 0. The van der Waals surface area contributed by atoms with Gasteiger partial charge in [0.25, 0.3) is 0 Å². The van der Waals surface area contributed by atoms with E-state index < -0.39 is 0 Å². The van der Waals surface area contributed by atoms with Crippen LogP contribution in [0.1, 0.15) is 13.3 Å². The zero-order valence-corrected chi connectivity index (χ0v) is 8.19. The van der Waals surface area contributed by atoms with Crippen LogP contribution in [0.15, 0.2) is 11.6 Å². The van der Waals surface area contributed by atoms with E-state index in [1.54, 1.807) is 0 Å². The molecule has 0 rings (SSSR count). The molecule has 45 valence electrons. The molecular weight excluding hydrogens is 175 g/mol. The molecule has 0 aromatic heterocycles. The second-order valence-corrected chi connectivity index (χ2v) is 1.40. The summed E-state index contributed by atoms with van der Waals surface area (Å²) in [7, 11) is 0. The molecule has 8 heavy (non-hydrogen) atoms. The minimum absolute atomic E-state index is 0. The van der Waals surface area contributed by atoms with Crippen molar-refractivity contribution in [2.45, 2.75) is 13.3 Å². The van der Waals surface area contributed by atoms with E-state index in [0.29, 0.717) is 6.54 Å². The average molecular weight is 187 g/mol. The van der Waals surface area contributed by atoms with E-state index in [-0.39, 0.29) is 32.7 Å². The predicted octanol–water partition coefficient (Wildman–Crippen LogP) is 1.11. The molecule has 0 aromatic carbocycles. The molecule has 2 heteroatoms. The monoisotopic (exact) mass is 187 g/mol. The summed E-state index contributed by atoms with van der Waals surface area (Å²) in [6.07, 6.45) is 2.85. The molecule has 0 aliphatic heterocycles. The average Bonchev–Trinajstić information content (AvgIpc) is 1.72. The third kappa shape index (κ3) is 4.95. The molecule has 1 nitrogen and oxygen atoms in total. The molecule has 0 saturated carbocycles. The predicted molar refractivity (Wildman–Crippen MR) is 32.8 cm³/mol. The Kier molecular flexibility index (Phi) is 11.3. The zero-order valence-electron chi connectivity index (χ0n) is 5.35. The van der Waals surface area contributed by atoms with Crippen LogP contribution in [-0.4, -0.2) is 6.54 Å². The summed E-state index contributed by atoms with van der Waals surface area (Å²) in [5, 5.41) is 0. The first-order chi connectivity index (χ1) is 3.35. The third-order valence-corrected chi connectivity index (χ3v) is 0.992. The fraction of sp³-hybridized carbons (Fsp3) is 0.500. The second kappa shape index (κ2) is 7.80. The molecular formula is C6H12NY-. The summed E-state index contributed by atoms with van der Waals surface area (Å²) in [6.45, 7) is 6.31. The molecule has 0 bridgehead atoms. The first-order valence-corrected chi connectivity index (χ1v) is 2.48. The summed E-state index contributed by atoms with van der Waals surface area (Å²) in [5.41, 5.74) is 6.51. The molecule has 0 spiro atoms. The van der Waals surface area contributed by atoms with Crippen molar-refractivity contribution in [1.82, 2.24) is 0 Å². The van der Waals surface area contributed by atoms with Crippen molar-refractivity contribution in [2.75, 3.05) is 6.54 Å². The van der Waals surface area contributed by atoms with Crippen LogP contribution in [-0.2, 0) is 32.7 Å². The topological polar surface area (TPSA) is 26.0 Å². The van der Waals surface area contributed by atoms with Crippen LogP contribution < -0.4 is 5.73 Å². The van der Waals surface area contributed by atoms with Gasteiger partial charge in [0.15, 0.2) is 0 Å². The summed E-state index contributed by atoms with van der Waals surface area (Å²) in [5.74, 6) is 0. The zero-order chi connectivity index (χ0) is 5.70. The van der Waals surface area contributed by atoms with Gasteiger partial charge in [-0.3, -0.25) is 0 Å². The Hall–Kier alpha value is 0.804. The van der Waals surface area contributed by atoms with Crippen LogP contribution in [0.25, 0.3) is 0 Å². The van der Waals surface area contributed by atoms with Gasteiger partial charge in [-0.25, -0.2) is 0 Å². The van der Waals surface area contributed by atoms with Gasteiger partial charge in [-0.05, 0) is 6.92 Å². The van der Waals surface area contributed by atoms with E-state index in [1.165, 1.54) is 5.57 Å². The molecule has 0 fully saturated rings. The van der Waals surface area contributed by atoms with Crippen LogP contribution in [0.3, 0.4) is 0 Å². The van der Waals surface area contributed by atoms with Gasteiger partial charge in [0.2, 0.25) is 0 Å². The smallest absolute Gasteiger partial charge is 0.0111 e. The Labute approximate surface area is 76.6 Å². The Balaban J connectivity index is 0. The third-order valence-electron chi connectivity index (χ3n) is 0.992. The van der Waals surface area contributed by atoms with Crippen molar-refractivity contribution in [3.8, 4) is 0 Å². The first kappa shape index (κ1) is 11.6. The standard InChI is InChI=1S/C6H12N.Y/c1-3-6(4-2)5-7;/h4H,1,3,5,7H2,2H3;/q-1;/b6-4+;. The number of rotatable bonds is 2. The molecule has 1 radical (unpaired) electrons.